The summed E-state index contributed by atoms with van der Waals surface area (Å²) in [6.07, 6.45) is 0. The summed E-state index contributed by atoms with van der Waals surface area (Å²) in [7, 11) is 1.56. The van der Waals surface area contributed by atoms with Crippen molar-refractivity contribution in [2.45, 2.75) is 20.8 Å². The van der Waals surface area contributed by atoms with Gasteiger partial charge >= 0.3 is 5.97 Å². The molecule has 0 unspecified atom stereocenters. The SMILES string of the molecule is C=C(C)NC(C)=C(C(=O)O)C(C)=NC. The minimum atomic E-state index is -0.987. The van der Waals surface area contributed by atoms with E-state index in [4.69, 9.17) is 5.11 Å². The lowest BCUT2D eigenvalue weighted by Gasteiger charge is -2.10. The van der Waals surface area contributed by atoms with Crippen molar-refractivity contribution >= 4 is 11.7 Å². The Morgan fingerprint density at radius 2 is 1.86 bits per heavy atom. The second-order valence-corrected chi connectivity index (χ2v) is 3.02. The van der Waals surface area contributed by atoms with Gasteiger partial charge in [-0.1, -0.05) is 6.58 Å². The normalized spacial score (nSPS) is 13.3. The predicted molar refractivity (Wildman–Crippen MR) is 57.3 cm³/mol. The highest BCUT2D eigenvalue weighted by atomic mass is 16.4. The van der Waals surface area contributed by atoms with Crippen LogP contribution < -0.4 is 5.32 Å². The van der Waals surface area contributed by atoms with Crippen molar-refractivity contribution in [3.05, 3.63) is 23.5 Å². The predicted octanol–water partition coefficient (Wildman–Crippen LogP) is 1.56. The first-order chi connectivity index (χ1) is 6.40. The van der Waals surface area contributed by atoms with E-state index in [1.807, 2.05) is 0 Å². The van der Waals surface area contributed by atoms with Crippen LogP contribution in [0.5, 0.6) is 0 Å². The third-order valence-corrected chi connectivity index (χ3v) is 1.69. The van der Waals surface area contributed by atoms with Crippen LogP contribution in [0.4, 0.5) is 0 Å². The zero-order chi connectivity index (χ0) is 11.3. The third-order valence-electron chi connectivity index (χ3n) is 1.69. The Labute approximate surface area is 84.0 Å². The summed E-state index contributed by atoms with van der Waals surface area (Å²) in [5.74, 6) is -0.987. The monoisotopic (exact) mass is 196 g/mol. The van der Waals surface area contributed by atoms with Crippen LogP contribution in [0.3, 0.4) is 0 Å². The molecule has 0 fully saturated rings. The Morgan fingerprint density at radius 3 is 2.14 bits per heavy atom. The molecule has 14 heavy (non-hydrogen) atoms. The van der Waals surface area contributed by atoms with Crippen molar-refractivity contribution in [2.24, 2.45) is 4.99 Å². The van der Waals surface area contributed by atoms with Gasteiger partial charge in [-0.3, -0.25) is 4.99 Å². The summed E-state index contributed by atoms with van der Waals surface area (Å²) in [6.45, 7) is 8.76. The van der Waals surface area contributed by atoms with Crippen molar-refractivity contribution in [3.8, 4) is 0 Å². The fourth-order valence-electron chi connectivity index (χ4n) is 1.08. The maximum Gasteiger partial charge on any atom is 0.339 e. The quantitative estimate of drug-likeness (QED) is 0.530. The van der Waals surface area contributed by atoms with Crippen LogP contribution in [0.25, 0.3) is 0 Å². The molecule has 0 aliphatic rings. The van der Waals surface area contributed by atoms with Gasteiger partial charge in [-0.05, 0) is 20.8 Å². The smallest absolute Gasteiger partial charge is 0.339 e. The highest BCUT2D eigenvalue weighted by molar-refractivity contribution is 6.18. The fourth-order valence-corrected chi connectivity index (χ4v) is 1.08. The van der Waals surface area contributed by atoms with Crippen LogP contribution in [0.1, 0.15) is 20.8 Å². The number of nitrogens with zero attached hydrogens (tertiary/aromatic N) is 1. The van der Waals surface area contributed by atoms with E-state index in [2.05, 4.69) is 16.9 Å². The lowest BCUT2D eigenvalue weighted by molar-refractivity contribution is -0.132. The minimum Gasteiger partial charge on any atom is -0.478 e. The fraction of sp³-hybridized carbons (Fsp3) is 0.400. The van der Waals surface area contributed by atoms with Gasteiger partial charge in [-0.2, -0.15) is 0 Å². The molecular formula is C10H16N2O2. The Bertz CT molecular complexity index is 314. The summed E-state index contributed by atoms with van der Waals surface area (Å²) >= 11 is 0. The van der Waals surface area contributed by atoms with E-state index in [-0.39, 0.29) is 5.57 Å². The van der Waals surface area contributed by atoms with Gasteiger partial charge in [-0.25, -0.2) is 4.79 Å². The number of carbonyl (C=O) groups is 1. The van der Waals surface area contributed by atoms with Crippen LogP contribution in [0.15, 0.2) is 28.5 Å². The number of carboxylic acid groups (broad SMARTS) is 1. The average Bonchev–Trinajstić information content (AvgIpc) is 2.01. The summed E-state index contributed by atoms with van der Waals surface area (Å²) in [5, 5.41) is 11.8. The molecule has 0 heterocycles. The van der Waals surface area contributed by atoms with E-state index in [9.17, 15) is 4.79 Å². The number of aliphatic carboxylic acids is 1. The second-order valence-electron chi connectivity index (χ2n) is 3.02. The standard InChI is InChI=1S/C10H16N2O2/c1-6(2)12-8(4)9(10(13)14)7(3)11-5/h12H,1H2,2-5H3,(H,13,14). The molecule has 0 aromatic heterocycles. The van der Waals surface area contributed by atoms with E-state index in [1.165, 1.54) is 0 Å². The molecule has 0 aromatic carbocycles. The van der Waals surface area contributed by atoms with Crippen molar-refractivity contribution in [2.75, 3.05) is 7.05 Å². The van der Waals surface area contributed by atoms with Gasteiger partial charge in [0.1, 0.15) is 0 Å². The van der Waals surface area contributed by atoms with E-state index in [1.54, 1.807) is 27.8 Å². The Hall–Kier alpha value is -1.58. The van der Waals surface area contributed by atoms with Crippen LogP contribution >= 0.6 is 0 Å². The minimum absolute atomic E-state index is 0.190. The first-order valence-electron chi connectivity index (χ1n) is 4.20. The number of hydrogen-bond donors (Lipinski definition) is 2. The zero-order valence-electron chi connectivity index (χ0n) is 9.01. The van der Waals surface area contributed by atoms with Crippen LogP contribution in [0.2, 0.25) is 0 Å². The number of allylic oxidation sites excluding steroid dienone is 2. The molecular weight excluding hydrogens is 180 g/mol. The molecule has 0 radical (unpaired) electrons. The number of hydrogen-bond acceptors (Lipinski definition) is 3. The molecule has 0 saturated heterocycles. The van der Waals surface area contributed by atoms with Gasteiger partial charge in [0.25, 0.3) is 0 Å². The van der Waals surface area contributed by atoms with Gasteiger partial charge in [0.2, 0.25) is 0 Å². The van der Waals surface area contributed by atoms with Crippen LogP contribution in [0, 0.1) is 0 Å². The molecule has 2 N–H and O–H groups in total. The molecule has 78 valence electrons. The second kappa shape index (κ2) is 5.21. The molecule has 0 atom stereocenters. The van der Waals surface area contributed by atoms with Gasteiger partial charge in [0.05, 0.1) is 5.57 Å². The maximum atomic E-state index is 10.9. The molecule has 0 saturated carbocycles. The van der Waals surface area contributed by atoms with E-state index in [0.717, 1.165) is 0 Å². The van der Waals surface area contributed by atoms with E-state index < -0.39 is 5.97 Å². The molecule has 0 bridgehead atoms. The molecule has 0 aliphatic carbocycles. The summed E-state index contributed by atoms with van der Waals surface area (Å²) in [6, 6.07) is 0. The first-order valence-corrected chi connectivity index (χ1v) is 4.20. The average molecular weight is 196 g/mol. The lowest BCUT2D eigenvalue weighted by Crippen LogP contribution is -2.19. The molecule has 0 aromatic rings. The van der Waals surface area contributed by atoms with Crippen molar-refractivity contribution in [3.63, 3.8) is 0 Å². The van der Waals surface area contributed by atoms with E-state index >= 15 is 0 Å². The summed E-state index contributed by atoms with van der Waals surface area (Å²) in [4.78, 5) is 14.8. The molecule has 4 nitrogen and oxygen atoms in total. The number of carboxylic acids is 1. The van der Waals surface area contributed by atoms with E-state index in [0.29, 0.717) is 17.1 Å². The van der Waals surface area contributed by atoms with Gasteiger partial charge < -0.3 is 10.4 Å². The third kappa shape index (κ3) is 3.43. The van der Waals surface area contributed by atoms with Gasteiger partial charge in [-0.15, -0.1) is 0 Å². The molecule has 0 aliphatic heterocycles. The Morgan fingerprint density at radius 1 is 1.36 bits per heavy atom. The Kier molecular flexibility index (Phi) is 4.63. The van der Waals surface area contributed by atoms with Crippen LogP contribution in [-0.2, 0) is 4.79 Å². The van der Waals surface area contributed by atoms with Gasteiger partial charge in [0, 0.05) is 24.2 Å². The number of rotatable bonds is 4. The number of aliphatic imine (C=N–C) groups is 1. The Balaban J connectivity index is 5.16. The van der Waals surface area contributed by atoms with Crippen molar-refractivity contribution in [1.82, 2.24) is 5.32 Å². The topological polar surface area (TPSA) is 61.7 Å². The number of nitrogens with one attached hydrogen (secondary N) is 1. The lowest BCUT2D eigenvalue weighted by atomic mass is 10.1. The molecule has 0 spiro atoms. The summed E-state index contributed by atoms with van der Waals surface area (Å²) < 4.78 is 0. The highest BCUT2D eigenvalue weighted by Crippen LogP contribution is 2.06. The molecule has 4 heteroatoms. The van der Waals surface area contributed by atoms with Crippen LogP contribution in [-0.4, -0.2) is 23.8 Å². The maximum absolute atomic E-state index is 10.9. The highest BCUT2D eigenvalue weighted by Gasteiger charge is 2.14. The zero-order valence-corrected chi connectivity index (χ0v) is 9.01. The van der Waals surface area contributed by atoms with Crippen molar-refractivity contribution in [1.29, 1.82) is 0 Å². The first kappa shape index (κ1) is 12.4. The molecule has 0 rings (SSSR count). The molecule has 0 amide bonds. The largest absolute Gasteiger partial charge is 0.478 e. The van der Waals surface area contributed by atoms with Crippen molar-refractivity contribution < 1.29 is 9.90 Å². The summed E-state index contributed by atoms with van der Waals surface area (Å²) in [5.41, 5.74) is 1.93. The van der Waals surface area contributed by atoms with Gasteiger partial charge in [0.15, 0.2) is 0 Å².